The lowest BCUT2D eigenvalue weighted by atomic mass is 10.2. The summed E-state index contributed by atoms with van der Waals surface area (Å²) in [5.74, 6) is 0.791. The molecule has 26 heavy (non-hydrogen) atoms. The summed E-state index contributed by atoms with van der Waals surface area (Å²) in [7, 11) is 1.85. The van der Waals surface area contributed by atoms with E-state index in [1.165, 1.54) is 17.7 Å². The minimum atomic E-state index is 0.0506. The van der Waals surface area contributed by atoms with E-state index in [0.29, 0.717) is 6.54 Å². The monoisotopic (exact) mass is 369 g/mol. The third-order valence-corrected chi connectivity index (χ3v) is 5.47. The topological polar surface area (TPSA) is 71.0 Å². The maximum Gasteiger partial charge on any atom is 0.264 e. The molecule has 0 spiro atoms. The highest BCUT2D eigenvalue weighted by Crippen LogP contribution is 2.34. The molecule has 0 unspecified atom stereocenters. The number of hydrogen-bond acceptors (Lipinski definition) is 6. The molecule has 0 aromatic carbocycles. The summed E-state index contributed by atoms with van der Waals surface area (Å²) in [6.45, 7) is 5.43. The number of aromatic nitrogens is 3. The van der Waals surface area contributed by atoms with E-state index >= 15 is 0 Å². The highest BCUT2D eigenvalue weighted by molar-refractivity contribution is 7.20. The SMILES string of the molecule is CCCCN(C)C(=O)c1sc2ncnc(NCc3ccccn3)c2c1C. The van der Waals surface area contributed by atoms with Crippen LogP contribution >= 0.6 is 11.3 Å². The fraction of sp³-hybridized carbons (Fsp3) is 0.368. The summed E-state index contributed by atoms with van der Waals surface area (Å²) in [6, 6.07) is 5.81. The van der Waals surface area contributed by atoms with E-state index in [4.69, 9.17) is 0 Å². The van der Waals surface area contributed by atoms with Crippen LogP contribution in [-0.2, 0) is 6.54 Å². The number of rotatable bonds is 7. The van der Waals surface area contributed by atoms with Gasteiger partial charge in [0.15, 0.2) is 0 Å². The van der Waals surface area contributed by atoms with Gasteiger partial charge in [0.05, 0.1) is 22.5 Å². The van der Waals surface area contributed by atoms with E-state index in [-0.39, 0.29) is 5.91 Å². The predicted octanol–water partition coefficient (Wildman–Crippen LogP) is 3.88. The van der Waals surface area contributed by atoms with Crippen LogP contribution < -0.4 is 5.32 Å². The van der Waals surface area contributed by atoms with Gasteiger partial charge in [-0.3, -0.25) is 9.78 Å². The second kappa shape index (κ2) is 8.23. The van der Waals surface area contributed by atoms with Crippen LogP contribution in [0, 0.1) is 6.92 Å². The van der Waals surface area contributed by atoms with Crippen molar-refractivity contribution in [2.75, 3.05) is 18.9 Å². The molecule has 1 amide bonds. The number of amides is 1. The number of carbonyl (C=O) groups is 1. The van der Waals surface area contributed by atoms with E-state index in [1.54, 1.807) is 11.1 Å². The number of thiophene rings is 1. The van der Waals surface area contributed by atoms with E-state index < -0.39 is 0 Å². The van der Waals surface area contributed by atoms with Crippen molar-refractivity contribution < 1.29 is 4.79 Å². The molecular formula is C19H23N5OS. The van der Waals surface area contributed by atoms with E-state index in [0.717, 1.165) is 51.6 Å². The Morgan fingerprint density at radius 3 is 2.85 bits per heavy atom. The van der Waals surface area contributed by atoms with Crippen LogP contribution in [0.2, 0.25) is 0 Å². The molecule has 0 atom stereocenters. The lowest BCUT2D eigenvalue weighted by Crippen LogP contribution is -2.27. The molecular weight excluding hydrogens is 346 g/mol. The Bertz CT molecular complexity index is 894. The standard InChI is InChI=1S/C19H23N5OS/c1-4-5-10-24(3)19(25)16-13(2)15-17(22-12-23-18(15)26-16)21-11-14-8-6-7-9-20-14/h6-9,12H,4-5,10-11H2,1-3H3,(H,21,22,23). The summed E-state index contributed by atoms with van der Waals surface area (Å²) in [6.07, 6.45) is 5.37. The van der Waals surface area contributed by atoms with E-state index in [1.807, 2.05) is 32.2 Å². The summed E-state index contributed by atoms with van der Waals surface area (Å²) >= 11 is 1.43. The van der Waals surface area contributed by atoms with E-state index in [9.17, 15) is 4.79 Å². The van der Waals surface area contributed by atoms with Gasteiger partial charge in [0.1, 0.15) is 17.0 Å². The number of fused-ring (bicyclic) bond motifs is 1. The van der Waals surface area contributed by atoms with Crippen LogP contribution in [0.25, 0.3) is 10.2 Å². The summed E-state index contributed by atoms with van der Waals surface area (Å²) < 4.78 is 0. The largest absolute Gasteiger partial charge is 0.364 e. The van der Waals surface area contributed by atoms with Gasteiger partial charge in [-0.05, 0) is 31.0 Å². The average molecular weight is 369 g/mol. The lowest BCUT2D eigenvalue weighted by molar-refractivity contribution is 0.0797. The van der Waals surface area contributed by atoms with Crippen LogP contribution in [0.1, 0.15) is 40.7 Å². The highest BCUT2D eigenvalue weighted by Gasteiger charge is 2.21. The molecule has 3 aromatic rings. The smallest absolute Gasteiger partial charge is 0.264 e. The molecule has 1 N–H and O–H groups in total. The molecule has 3 aromatic heterocycles. The van der Waals surface area contributed by atoms with Gasteiger partial charge in [-0.15, -0.1) is 11.3 Å². The fourth-order valence-electron chi connectivity index (χ4n) is 2.76. The number of nitrogens with zero attached hydrogens (tertiary/aromatic N) is 4. The van der Waals surface area contributed by atoms with Gasteiger partial charge in [-0.25, -0.2) is 9.97 Å². The first-order chi connectivity index (χ1) is 12.6. The molecule has 3 heterocycles. The molecule has 0 bridgehead atoms. The van der Waals surface area contributed by atoms with Crippen molar-refractivity contribution in [1.82, 2.24) is 19.9 Å². The zero-order chi connectivity index (χ0) is 18.5. The number of aryl methyl sites for hydroxylation is 1. The predicted molar refractivity (Wildman–Crippen MR) is 106 cm³/mol. The molecule has 0 saturated carbocycles. The quantitative estimate of drug-likeness (QED) is 0.684. The minimum Gasteiger partial charge on any atom is -0.364 e. The number of unbranched alkanes of at least 4 members (excludes halogenated alkanes) is 1. The minimum absolute atomic E-state index is 0.0506. The van der Waals surface area contributed by atoms with Crippen LogP contribution in [0.4, 0.5) is 5.82 Å². The Hall–Kier alpha value is -2.54. The van der Waals surface area contributed by atoms with Gasteiger partial charge in [0.2, 0.25) is 0 Å². The van der Waals surface area contributed by atoms with Crippen molar-refractivity contribution in [3.63, 3.8) is 0 Å². The van der Waals surface area contributed by atoms with Crippen molar-refractivity contribution in [2.24, 2.45) is 0 Å². The zero-order valence-electron chi connectivity index (χ0n) is 15.3. The first kappa shape index (κ1) is 18.3. The molecule has 0 aliphatic rings. The van der Waals surface area contributed by atoms with Crippen molar-refractivity contribution in [1.29, 1.82) is 0 Å². The van der Waals surface area contributed by atoms with Gasteiger partial charge < -0.3 is 10.2 Å². The molecule has 7 heteroatoms. The van der Waals surface area contributed by atoms with Crippen LogP contribution in [-0.4, -0.2) is 39.4 Å². The molecule has 3 rings (SSSR count). The normalized spacial score (nSPS) is 10.9. The van der Waals surface area contributed by atoms with Crippen LogP contribution in [0.5, 0.6) is 0 Å². The second-order valence-electron chi connectivity index (χ2n) is 6.21. The maximum absolute atomic E-state index is 12.8. The molecule has 0 aliphatic carbocycles. The zero-order valence-corrected chi connectivity index (χ0v) is 16.1. The Kier molecular flexibility index (Phi) is 5.78. The molecule has 0 saturated heterocycles. The maximum atomic E-state index is 12.8. The van der Waals surface area contributed by atoms with Gasteiger partial charge in [0, 0.05) is 19.8 Å². The van der Waals surface area contributed by atoms with E-state index in [2.05, 4.69) is 27.2 Å². The Morgan fingerprint density at radius 1 is 1.27 bits per heavy atom. The summed E-state index contributed by atoms with van der Waals surface area (Å²) in [4.78, 5) is 29.2. The van der Waals surface area contributed by atoms with Gasteiger partial charge in [-0.1, -0.05) is 19.4 Å². The third kappa shape index (κ3) is 3.83. The van der Waals surface area contributed by atoms with Gasteiger partial charge >= 0.3 is 0 Å². The lowest BCUT2D eigenvalue weighted by Gasteiger charge is -2.16. The molecule has 136 valence electrons. The molecule has 6 nitrogen and oxygen atoms in total. The Balaban J connectivity index is 1.87. The summed E-state index contributed by atoms with van der Waals surface area (Å²) in [5.41, 5.74) is 1.87. The number of hydrogen-bond donors (Lipinski definition) is 1. The number of carbonyl (C=O) groups excluding carboxylic acids is 1. The molecule has 0 aliphatic heterocycles. The second-order valence-corrected chi connectivity index (χ2v) is 7.21. The highest BCUT2D eigenvalue weighted by atomic mass is 32.1. The van der Waals surface area contributed by atoms with Gasteiger partial charge in [0.25, 0.3) is 5.91 Å². The number of anilines is 1. The first-order valence-corrected chi connectivity index (χ1v) is 9.56. The fourth-order valence-corrected chi connectivity index (χ4v) is 3.90. The summed E-state index contributed by atoms with van der Waals surface area (Å²) in [5, 5.41) is 4.25. The van der Waals surface area contributed by atoms with Crippen molar-refractivity contribution in [3.8, 4) is 0 Å². The van der Waals surface area contributed by atoms with Crippen LogP contribution in [0.3, 0.4) is 0 Å². The first-order valence-electron chi connectivity index (χ1n) is 8.75. The van der Waals surface area contributed by atoms with Crippen molar-refractivity contribution in [2.45, 2.75) is 33.2 Å². The molecule has 0 radical (unpaired) electrons. The van der Waals surface area contributed by atoms with Crippen molar-refractivity contribution in [3.05, 3.63) is 46.9 Å². The Morgan fingerprint density at radius 2 is 2.12 bits per heavy atom. The molecule has 0 fully saturated rings. The van der Waals surface area contributed by atoms with Crippen molar-refractivity contribution >= 4 is 33.3 Å². The average Bonchev–Trinajstić information content (AvgIpc) is 3.02. The van der Waals surface area contributed by atoms with Crippen LogP contribution in [0.15, 0.2) is 30.7 Å². The van der Waals surface area contributed by atoms with Gasteiger partial charge in [-0.2, -0.15) is 0 Å². The number of nitrogens with one attached hydrogen (secondary N) is 1. The third-order valence-electron chi connectivity index (χ3n) is 4.28. The Labute approximate surface area is 157 Å². The number of pyridine rings is 1.